The van der Waals surface area contributed by atoms with Crippen molar-refractivity contribution >= 4 is 23.4 Å². The molecule has 7 nitrogen and oxygen atoms in total. The third kappa shape index (κ3) is 3.61. The van der Waals surface area contributed by atoms with Gasteiger partial charge in [0.25, 0.3) is 5.91 Å². The first kappa shape index (κ1) is 19.1. The molecule has 150 valence electrons. The van der Waals surface area contributed by atoms with Gasteiger partial charge in [-0.25, -0.2) is 0 Å². The Hall–Kier alpha value is -3.19. The van der Waals surface area contributed by atoms with E-state index >= 15 is 0 Å². The Bertz CT molecular complexity index is 988. The molecule has 0 aliphatic carbocycles. The monoisotopic (exact) mass is 392 g/mol. The highest BCUT2D eigenvalue weighted by atomic mass is 16.2. The van der Waals surface area contributed by atoms with Gasteiger partial charge < -0.3 is 15.5 Å². The van der Waals surface area contributed by atoms with Crippen molar-refractivity contribution in [3.8, 4) is 0 Å². The summed E-state index contributed by atoms with van der Waals surface area (Å²) in [4.78, 5) is 40.1. The Morgan fingerprint density at radius 3 is 2.72 bits per heavy atom. The summed E-state index contributed by atoms with van der Waals surface area (Å²) in [6.45, 7) is 1.54. The van der Waals surface area contributed by atoms with Crippen LogP contribution in [0.2, 0.25) is 0 Å². The quantitative estimate of drug-likeness (QED) is 0.753. The average molecular weight is 392 g/mol. The third-order valence-corrected chi connectivity index (χ3v) is 5.63. The van der Waals surface area contributed by atoms with E-state index in [-0.39, 0.29) is 24.1 Å². The summed E-state index contributed by atoms with van der Waals surface area (Å²) in [7, 11) is 2.02. The Morgan fingerprint density at radius 2 is 1.97 bits per heavy atom. The molecule has 1 unspecified atom stereocenters. The number of piperidine rings is 1. The van der Waals surface area contributed by atoms with E-state index < -0.39 is 6.04 Å². The second-order valence-electron chi connectivity index (χ2n) is 7.58. The van der Waals surface area contributed by atoms with Crippen molar-refractivity contribution in [1.29, 1.82) is 0 Å². The van der Waals surface area contributed by atoms with E-state index in [4.69, 9.17) is 5.73 Å². The van der Waals surface area contributed by atoms with Crippen LogP contribution in [0.3, 0.4) is 0 Å². The first-order chi connectivity index (χ1) is 14.0. The summed E-state index contributed by atoms with van der Waals surface area (Å²) in [6, 6.07) is 13.3. The molecule has 0 aromatic heterocycles. The van der Waals surface area contributed by atoms with Crippen molar-refractivity contribution in [1.82, 2.24) is 10.2 Å². The number of carbonyl (C=O) groups excluding carboxylic acids is 3. The van der Waals surface area contributed by atoms with E-state index in [0.29, 0.717) is 31.6 Å². The molecular formula is C22H24N4O3. The number of fused-ring (bicyclic) bond motifs is 1. The lowest BCUT2D eigenvalue weighted by Gasteiger charge is -2.29. The molecule has 2 aromatic carbocycles. The Morgan fingerprint density at radius 1 is 1.17 bits per heavy atom. The smallest absolute Gasteiger partial charge is 0.255 e. The van der Waals surface area contributed by atoms with Crippen LogP contribution < -0.4 is 16.0 Å². The molecule has 1 fully saturated rings. The van der Waals surface area contributed by atoms with Crippen LogP contribution in [-0.2, 0) is 29.2 Å². The summed E-state index contributed by atoms with van der Waals surface area (Å²) in [5, 5.41) is 2.33. The minimum absolute atomic E-state index is 0.150. The summed E-state index contributed by atoms with van der Waals surface area (Å²) in [6.07, 6.45) is 0.628. The number of hydrogen-bond acceptors (Lipinski definition) is 5. The lowest BCUT2D eigenvalue weighted by molar-refractivity contribution is -0.136. The van der Waals surface area contributed by atoms with Gasteiger partial charge in [0.1, 0.15) is 6.04 Å². The van der Waals surface area contributed by atoms with Crippen LogP contribution in [0.25, 0.3) is 0 Å². The second-order valence-corrected chi connectivity index (χ2v) is 7.58. The van der Waals surface area contributed by atoms with Gasteiger partial charge >= 0.3 is 0 Å². The molecule has 4 rings (SSSR count). The number of amides is 3. The molecule has 29 heavy (non-hydrogen) atoms. The highest BCUT2D eigenvalue weighted by Crippen LogP contribution is 2.29. The molecule has 0 radical (unpaired) electrons. The molecule has 2 aromatic rings. The van der Waals surface area contributed by atoms with Gasteiger partial charge in [-0.05, 0) is 35.2 Å². The molecule has 3 N–H and O–H groups in total. The molecule has 1 saturated heterocycles. The Labute approximate surface area is 169 Å². The topological polar surface area (TPSA) is 95.7 Å². The number of nitrogens with zero attached hydrogens (tertiary/aromatic N) is 2. The first-order valence-corrected chi connectivity index (χ1v) is 9.73. The van der Waals surface area contributed by atoms with Crippen molar-refractivity contribution in [2.24, 2.45) is 5.73 Å². The SMILES string of the molecule is CN(Cc1ccc2c(c1)CN(C1CCC(=O)NC1=O)C2=O)c1ccccc1CN. The Kier molecular flexibility index (Phi) is 5.07. The number of nitrogens with two attached hydrogens (primary N) is 1. The molecule has 0 bridgehead atoms. The molecule has 7 heteroatoms. The normalized spacial score (nSPS) is 18.6. The fraction of sp³-hybridized carbons (Fsp3) is 0.318. The number of rotatable bonds is 5. The number of carbonyl (C=O) groups is 3. The molecule has 0 saturated carbocycles. The van der Waals surface area contributed by atoms with Crippen molar-refractivity contribution in [2.75, 3.05) is 11.9 Å². The van der Waals surface area contributed by atoms with Crippen LogP contribution in [0.5, 0.6) is 0 Å². The maximum atomic E-state index is 12.8. The number of hydrogen-bond donors (Lipinski definition) is 2. The molecule has 3 amide bonds. The predicted molar refractivity (Wildman–Crippen MR) is 109 cm³/mol. The van der Waals surface area contributed by atoms with Crippen LogP contribution in [0.4, 0.5) is 5.69 Å². The highest BCUT2D eigenvalue weighted by molar-refractivity contribution is 6.05. The molecule has 2 aliphatic rings. The van der Waals surface area contributed by atoms with E-state index in [2.05, 4.69) is 10.2 Å². The van der Waals surface area contributed by atoms with Gasteiger partial charge in [0.05, 0.1) is 0 Å². The number of nitrogens with one attached hydrogen (secondary N) is 1. The maximum absolute atomic E-state index is 12.8. The summed E-state index contributed by atoms with van der Waals surface area (Å²) in [5.41, 5.74) is 10.6. The van der Waals surface area contributed by atoms with Gasteiger partial charge in [-0.3, -0.25) is 19.7 Å². The minimum Gasteiger partial charge on any atom is -0.370 e. The molecule has 1 atom stereocenters. The van der Waals surface area contributed by atoms with E-state index in [1.165, 1.54) is 0 Å². The maximum Gasteiger partial charge on any atom is 0.255 e. The molecule has 2 aliphatic heterocycles. The lowest BCUT2D eigenvalue weighted by atomic mass is 10.0. The van der Waals surface area contributed by atoms with E-state index in [0.717, 1.165) is 22.4 Å². The fourth-order valence-electron chi connectivity index (χ4n) is 4.14. The zero-order valence-corrected chi connectivity index (χ0v) is 16.4. The number of para-hydroxylation sites is 1. The number of benzene rings is 2. The molecule has 2 heterocycles. The van der Waals surface area contributed by atoms with Crippen molar-refractivity contribution in [3.05, 3.63) is 64.7 Å². The van der Waals surface area contributed by atoms with Crippen LogP contribution in [0, 0.1) is 0 Å². The van der Waals surface area contributed by atoms with Gasteiger partial charge in [0.2, 0.25) is 11.8 Å². The van der Waals surface area contributed by atoms with Crippen LogP contribution in [0.1, 0.15) is 39.9 Å². The van der Waals surface area contributed by atoms with Crippen molar-refractivity contribution < 1.29 is 14.4 Å². The minimum atomic E-state index is -0.588. The van der Waals surface area contributed by atoms with Crippen LogP contribution in [0.15, 0.2) is 42.5 Å². The zero-order chi connectivity index (χ0) is 20.5. The first-order valence-electron chi connectivity index (χ1n) is 9.73. The van der Waals surface area contributed by atoms with Gasteiger partial charge in [-0.2, -0.15) is 0 Å². The van der Waals surface area contributed by atoms with Crippen LogP contribution in [-0.4, -0.2) is 35.7 Å². The van der Waals surface area contributed by atoms with Gasteiger partial charge in [-0.15, -0.1) is 0 Å². The van der Waals surface area contributed by atoms with Crippen molar-refractivity contribution in [3.63, 3.8) is 0 Å². The Balaban J connectivity index is 1.52. The van der Waals surface area contributed by atoms with Gasteiger partial charge in [0.15, 0.2) is 0 Å². The van der Waals surface area contributed by atoms with E-state index in [1.807, 2.05) is 49.5 Å². The van der Waals surface area contributed by atoms with Crippen LogP contribution >= 0.6 is 0 Å². The zero-order valence-electron chi connectivity index (χ0n) is 16.4. The van der Waals surface area contributed by atoms with Crippen molar-refractivity contribution in [2.45, 2.75) is 38.5 Å². The van der Waals surface area contributed by atoms with E-state index in [1.54, 1.807) is 4.90 Å². The highest BCUT2D eigenvalue weighted by Gasteiger charge is 2.39. The van der Waals surface area contributed by atoms with Gasteiger partial charge in [-0.1, -0.05) is 30.3 Å². The summed E-state index contributed by atoms with van der Waals surface area (Å²) < 4.78 is 0. The fourth-order valence-corrected chi connectivity index (χ4v) is 4.14. The number of anilines is 1. The summed E-state index contributed by atoms with van der Waals surface area (Å²) in [5.74, 6) is -0.817. The lowest BCUT2D eigenvalue weighted by Crippen LogP contribution is -2.52. The molecular weight excluding hydrogens is 368 g/mol. The number of imide groups is 1. The molecule has 0 spiro atoms. The average Bonchev–Trinajstić information content (AvgIpc) is 3.03. The third-order valence-electron chi connectivity index (χ3n) is 5.63. The second kappa shape index (κ2) is 7.67. The predicted octanol–water partition coefficient (Wildman–Crippen LogP) is 1.54. The van der Waals surface area contributed by atoms with Gasteiger partial charge in [0, 0.05) is 44.4 Å². The standard InChI is InChI=1S/C22H24N4O3/c1-25(18-5-3-2-4-15(18)11-23)12-14-6-7-17-16(10-14)13-26(22(17)29)19-8-9-20(27)24-21(19)28/h2-7,10,19H,8-9,11-13,23H2,1H3,(H,24,27,28). The largest absolute Gasteiger partial charge is 0.370 e. The summed E-state index contributed by atoms with van der Waals surface area (Å²) >= 11 is 0. The van der Waals surface area contributed by atoms with E-state index in [9.17, 15) is 14.4 Å².